The second-order valence-corrected chi connectivity index (χ2v) is 6.39. The minimum atomic E-state index is -3.04. The molecule has 0 saturated carbocycles. The first kappa shape index (κ1) is 13.9. The van der Waals surface area contributed by atoms with E-state index in [9.17, 15) is 9.36 Å². The summed E-state index contributed by atoms with van der Waals surface area (Å²) in [5, 5.41) is 8.72. The molecule has 5 heteroatoms. The first-order valence-corrected chi connectivity index (χ1v) is 7.53. The maximum atomic E-state index is 12.2. The highest BCUT2D eigenvalue weighted by molar-refractivity contribution is 7.59. The second-order valence-electron chi connectivity index (χ2n) is 3.74. The van der Waals surface area contributed by atoms with E-state index < -0.39 is 19.5 Å². The molecule has 94 valence electrons. The van der Waals surface area contributed by atoms with Crippen molar-refractivity contribution in [2.24, 2.45) is 0 Å². The van der Waals surface area contributed by atoms with E-state index in [4.69, 9.17) is 9.63 Å². The van der Waals surface area contributed by atoms with Gasteiger partial charge in [0, 0.05) is 6.16 Å². The van der Waals surface area contributed by atoms with Crippen molar-refractivity contribution in [1.82, 2.24) is 0 Å². The third kappa shape index (κ3) is 5.16. The van der Waals surface area contributed by atoms with Gasteiger partial charge in [-0.25, -0.2) is 0 Å². The Morgan fingerprint density at radius 2 is 2.00 bits per heavy atom. The lowest BCUT2D eigenvalue weighted by Gasteiger charge is -2.15. The Bertz CT molecular complexity index is 402. The van der Waals surface area contributed by atoms with Crippen molar-refractivity contribution in [2.75, 3.05) is 18.9 Å². The lowest BCUT2D eigenvalue weighted by molar-refractivity contribution is -0.134. The summed E-state index contributed by atoms with van der Waals surface area (Å²) < 4.78 is 17.3. The van der Waals surface area contributed by atoms with Gasteiger partial charge in [0.25, 0.3) is 0 Å². The van der Waals surface area contributed by atoms with Gasteiger partial charge in [0.15, 0.2) is 0 Å². The van der Waals surface area contributed by atoms with Crippen molar-refractivity contribution in [2.45, 2.75) is 13.3 Å². The van der Waals surface area contributed by atoms with Gasteiger partial charge in [-0.15, -0.1) is 0 Å². The van der Waals surface area contributed by atoms with E-state index in [1.165, 1.54) is 0 Å². The Hall–Kier alpha value is -1.12. The number of hydrogen-bond acceptors (Lipinski definition) is 3. The van der Waals surface area contributed by atoms with Crippen LogP contribution < -0.4 is 0 Å². The third-order valence-corrected chi connectivity index (χ3v) is 4.71. The number of benzene rings is 1. The molecule has 0 aliphatic carbocycles. The van der Waals surface area contributed by atoms with Crippen LogP contribution in [0.2, 0.25) is 0 Å². The van der Waals surface area contributed by atoms with Crippen LogP contribution in [0.1, 0.15) is 12.5 Å². The Balaban J connectivity index is 2.61. The molecule has 4 nitrogen and oxygen atoms in total. The van der Waals surface area contributed by atoms with Crippen molar-refractivity contribution in [3.05, 3.63) is 35.9 Å². The molecule has 0 spiro atoms. The highest BCUT2D eigenvalue weighted by atomic mass is 31.2. The molecule has 1 aromatic carbocycles. The summed E-state index contributed by atoms with van der Waals surface area (Å²) in [6.07, 6.45) is 0.455. The van der Waals surface area contributed by atoms with E-state index in [0.717, 1.165) is 5.56 Å². The van der Waals surface area contributed by atoms with Gasteiger partial charge in [0.1, 0.15) is 6.16 Å². The number of carboxylic acids is 1. The summed E-state index contributed by atoms with van der Waals surface area (Å²) in [6.45, 7) is 2.00. The zero-order valence-electron chi connectivity index (χ0n) is 9.83. The minimum Gasteiger partial charge on any atom is -0.481 e. The maximum absolute atomic E-state index is 12.2. The number of aliphatic carboxylic acids is 1. The first-order valence-electron chi connectivity index (χ1n) is 5.54. The molecule has 0 aliphatic heterocycles. The van der Waals surface area contributed by atoms with E-state index in [1.807, 2.05) is 30.3 Å². The van der Waals surface area contributed by atoms with E-state index in [0.29, 0.717) is 6.42 Å². The van der Waals surface area contributed by atoms with Crippen molar-refractivity contribution in [3.8, 4) is 0 Å². The molecule has 17 heavy (non-hydrogen) atoms. The lowest BCUT2D eigenvalue weighted by Crippen LogP contribution is -2.10. The van der Waals surface area contributed by atoms with Crippen LogP contribution in [0.3, 0.4) is 0 Å². The summed E-state index contributed by atoms with van der Waals surface area (Å²) in [5.41, 5.74) is 1.04. The molecule has 0 fully saturated rings. The smallest absolute Gasteiger partial charge is 0.313 e. The van der Waals surface area contributed by atoms with Crippen molar-refractivity contribution in [3.63, 3.8) is 0 Å². The summed E-state index contributed by atoms with van der Waals surface area (Å²) >= 11 is 0. The average Bonchev–Trinajstić information content (AvgIpc) is 2.27. The SMILES string of the molecule is CCOP(=O)(CCc1ccccc1)CC(=O)O. The highest BCUT2D eigenvalue weighted by Crippen LogP contribution is 2.46. The molecule has 0 bridgehead atoms. The molecule has 0 heterocycles. The average molecular weight is 256 g/mol. The summed E-state index contributed by atoms with van der Waals surface area (Å²) in [7, 11) is -3.04. The van der Waals surface area contributed by atoms with Crippen LogP contribution in [0.5, 0.6) is 0 Å². The Morgan fingerprint density at radius 1 is 1.35 bits per heavy atom. The van der Waals surface area contributed by atoms with Crippen LogP contribution in [0.25, 0.3) is 0 Å². The molecule has 1 rings (SSSR count). The molecule has 0 aliphatic rings. The van der Waals surface area contributed by atoms with Gasteiger partial charge in [-0.1, -0.05) is 30.3 Å². The number of hydrogen-bond donors (Lipinski definition) is 1. The minimum absolute atomic E-state index is 0.275. The van der Waals surface area contributed by atoms with Crippen LogP contribution in [0, 0.1) is 0 Å². The van der Waals surface area contributed by atoms with Crippen LogP contribution in [-0.2, 0) is 20.3 Å². The fourth-order valence-electron chi connectivity index (χ4n) is 1.57. The zero-order chi connectivity index (χ0) is 12.7. The van der Waals surface area contributed by atoms with Gasteiger partial charge >= 0.3 is 5.97 Å². The standard InChI is InChI=1S/C12H17O4P/c1-2-16-17(15,10-12(13)14)9-8-11-6-4-3-5-7-11/h3-7H,2,8-10H2,1H3,(H,13,14). The van der Waals surface area contributed by atoms with Gasteiger partial charge < -0.3 is 9.63 Å². The quantitative estimate of drug-likeness (QED) is 0.762. The number of carbonyl (C=O) groups is 1. The van der Waals surface area contributed by atoms with Crippen LogP contribution >= 0.6 is 7.37 Å². The van der Waals surface area contributed by atoms with E-state index in [-0.39, 0.29) is 12.8 Å². The largest absolute Gasteiger partial charge is 0.481 e. The fraction of sp³-hybridized carbons (Fsp3) is 0.417. The van der Waals surface area contributed by atoms with Crippen molar-refractivity contribution >= 4 is 13.3 Å². The molecule has 0 amide bonds. The first-order chi connectivity index (χ1) is 8.06. The predicted octanol–water partition coefficient (Wildman–Crippen LogP) is 2.63. The second kappa shape index (κ2) is 6.58. The summed E-state index contributed by atoms with van der Waals surface area (Å²) in [5.74, 6) is -1.07. The highest BCUT2D eigenvalue weighted by Gasteiger charge is 2.25. The molecule has 1 aromatic rings. The van der Waals surface area contributed by atoms with Crippen molar-refractivity contribution < 1.29 is 19.0 Å². The van der Waals surface area contributed by atoms with Gasteiger partial charge in [0.2, 0.25) is 7.37 Å². The molecular weight excluding hydrogens is 239 g/mol. The number of aryl methyl sites for hydroxylation is 1. The molecule has 1 N–H and O–H groups in total. The third-order valence-electron chi connectivity index (χ3n) is 2.32. The predicted molar refractivity (Wildman–Crippen MR) is 66.7 cm³/mol. The molecule has 0 aromatic heterocycles. The number of rotatable bonds is 7. The van der Waals surface area contributed by atoms with Gasteiger partial charge in [-0.05, 0) is 18.9 Å². The van der Waals surface area contributed by atoms with Gasteiger partial charge in [0.05, 0.1) is 6.61 Å². The van der Waals surface area contributed by atoms with Crippen LogP contribution in [0.4, 0.5) is 0 Å². The van der Waals surface area contributed by atoms with Crippen LogP contribution in [-0.4, -0.2) is 30.0 Å². The van der Waals surface area contributed by atoms with Gasteiger partial charge in [-0.3, -0.25) is 9.36 Å². The lowest BCUT2D eigenvalue weighted by atomic mass is 10.2. The Kier molecular flexibility index (Phi) is 5.39. The molecule has 0 radical (unpaired) electrons. The van der Waals surface area contributed by atoms with E-state index >= 15 is 0 Å². The van der Waals surface area contributed by atoms with Crippen LogP contribution in [0.15, 0.2) is 30.3 Å². The maximum Gasteiger partial charge on any atom is 0.313 e. The fourth-order valence-corrected chi connectivity index (χ4v) is 3.43. The Morgan fingerprint density at radius 3 is 2.53 bits per heavy atom. The summed E-state index contributed by atoms with van der Waals surface area (Å²) in [6, 6.07) is 9.56. The number of carboxylic acid groups (broad SMARTS) is 1. The van der Waals surface area contributed by atoms with E-state index in [1.54, 1.807) is 6.92 Å². The zero-order valence-corrected chi connectivity index (χ0v) is 10.7. The molecular formula is C12H17O4P. The normalized spacial score (nSPS) is 14.2. The Labute approximate surface area is 101 Å². The molecule has 0 saturated heterocycles. The molecule has 1 atom stereocenters. The van der Waals surface area contributed by atoms with E-state index in [2.05, 4.69) is 0 Å². The van der Waals surface area contributed by atoms with Gasteiger partial charge in [-0.2, -0.15) is 0 Å². The summed E-state index contributed by atoms with van der Waals surface area (Å²) in [4.78, 5) is 10.6. The topological polar surface area (TPSA) is 63.6 Å². The molecule has 1 unspecified atom stereocenters. The monoisotopic (exact) mass is 256 g/mol. The van der Waals surface area contributed by atoms with Crippen molar-refractivity contribution in [1.29, 1.82) is 0 Å².